The fourth-order valence-corrected chi connectivity index (χ4v) is 3.82. The zero-order chi connectivity index (χ0) is 19.1. The Morgan fingerprint density at radius 2 is 1.88 bits per heavy atom. The van der Waals surface area contributed by atoms with E-state index in [0.717, 1.165) is 6.07 Å². The Balaban J connectivity index is 2.15. The van der Waals surface area contributed by atoms with Crippen molar-refractivity contribution in [2.45, 2.75) is 31.4 Å². The molecule has 26 heavy (non-hydrogen) atoms. The van der Waals surface area contributed by atoms with Crippen molar-refractivity contribution in [1.82, 2.24) is 5.32 Å². The number of aliphatic hydroxyl groups excluding tert-OH is 1. The number of nitrogens with one attached hydrogen (secondary N) is 1. The van der Waals surface area contributed by atoms with Gasteiger partial charge in [0.1, 0.15) is 17.5 Å². The lowest BCUT2D eigenvalue weighted by Crippen LogP contribution is -2.42. The summed E-state index contributed by atoms with van der Waals surface area (Å²) in [5.41, 5.74) is 0.845. The summed E-state index contributed by atoms with van der Waals surface area (Å²) in [7, 11) is 1.70. The van der Waals surface area contributed by atoms with Gasteiger partial charge in [-0.25, -0.2) is 13.2 Å². The third-order valence-corrected chi connectivity index (χ3v) is 4.91. The van der Waals surface area contributed by atoms with Crippen LogP contribution in [0.25, 0.3) is 0 Å². The molecule has 2 unspecified atom stereocenters. The van der Waals surface area contributed by atoms with Gasteiger partial charge in [-0.1, -0.05) is 26.0 Å². The van der Waals surface area contributed by atoms with Gasteiger partial charge in [-0.05, 0) is 36.4 Å². The standard InChI is InChI=1S/C20H23F3N2O/c1-20(2)11-25(19-15(20)8-14(22)9-16(19)23)18(17(26)10-24-3)12-5-4-6-13(21)7-12/h4-9,17-18,24,26H,10-11H2,1-3H3. The van der Waals surface area contributed by atoms with Gasteiger partial charge in [0.2, 0.25) is 0 Å². The largest absolute Gasteiger partial charge is 0.389 e. The molecule has 0 amide bonds. The van der Waals surface area contributed by atoms with Crippen LogP contribution >= 0.6 is 0 Å². The topological polar surface area (TPSA) is 35.5 Å². The number of rotatable bonds is 5. The minimum absolute atomic E-state index is 0.246. The summed E-state index contributed by atoms with van der Waals surface area (Å²) in [6.45, 7) is 4.43. The van der Waals surface area contributed by atoms with Crippen molar-refractivity contribution in [2.24, 2.45) is 0 Å². The Kier molecular flexibility index (Phi) is 4.99. The van der Waals surface area contributed by atoms with Gasteiger partial charge in [-0.3, -0.25) is 0 Å². The molecule has 0 bridgehead atoms. The molecule has 0 aliphatic carbocycles. The first-order valence-corrected chi connectivity index (χ1v) is 8.59. The average molecular weight is 364 g/mol. The van der Waals surface area contributed by atoms with Crippen molar-refractivity contribution in [1.29, 1.82) is 0 Å². The van der Waals surface area contributed by atoms with E-state index in [1.165, 1.54) is 18.2 Å². The van der Waals surface area contributed by atoms with Crippen molar-refractivity contribution in [2.75, 3.05) is 25.0 Å². The second-order valence-electron chi connectivity index (χ2n) is 7.42. The number of hydrogen-bond donors (Lipinski definition) is 2. The predicted octanol–water partition coefficient (Wildman–Crippen LogP) is 3.52. The SMILES string of the molecule is CNCC(O)C(c1cccc(F)c1)N1CC(C)(C)c2cc(F)cc(F)c21. The second-order valence-corrected chi connectivity index (χ2v) is 7.42. The van der Waals surface area contributed by atoms with E-state index in [1.807, 2.05) is 13.8 Å². The number of hydrogen-bond acceptors (Lipinski definition) is 3. The summed E-state index contributed by atoms with van der Waals surface area (Å²) < 4.78 is 42.3. The van der Waals surface area contributed by atoms with Gasteiger partial charge in [0.15, 0.2) is 0 Å². The van der Waals surface area contributed by atoms with Crippen molar-refractivity contribution in [3.63, 3.8) is 0 Å². The monoisotopic (exact) mass is 364 g/mol. The number of likely N-dealkylation sites (N-methyl/N-ethyl adjacent to an activating group) is 1. The molecule has 3 rings (SSSR count). The molecular weight excluding hydrogens is 341 g/mol. The number of halogens is 3. The van der Waals surface area contributed by atoms with E-state index in [1.54, 1.807) is 24.1 Å². The first-order valence-electron chi connectivity index (χ1n) is 8.59. The summed E-state index contributed by atoms with van der Waals surface area (Å²) in [5, 5.41) is 13.6. The molecule has 0 spiro atoms. The molecule has 6 heteroatoms. The smallest absolute Gasteiger partial charge is 0.149 e. The van der Waals surface area contributed by atoms with Gasteiger partial charge in [0.25, 0.3) is 0 Å². The van der Waals surface area contributed by atoms with E-state index in [-0.39, 0.29) is 12.2 Å². The van der Waals surface area contributed by atoms with Gasteiger partial charge in [-0.15, -0.1) is 0 Å². The van der Waals surface area contributed by atoms with Crippen LogP contribution in [0.4, 0.5) is 18.9 Å². The molecule has 1 aliphatic heterocycles. The van der Waals surface area contributed by atoms with Crippen LogP contribution < -0.4 is 10.2 Å². The average Bonchev–Trinajstić information content (AvgIpc) is 2.79. The van der Waals surface area contributed by atoms with E-state index < -0.39 is 35.0 Å². The molecule has 2 atom stereocenters. The van der Waals surface area contributed by atoms with Crippen LogP contribution in [0.2, 0.25) is 0 Å². The fourth-order valence-electron chi connectivity index (χ4n) is 3.82. The zero-order valence-electron chi connectivity index (χ0n) is 15.1. The van der Waals surface area contributed by atoms with E-state index >= 15 is 0 Å². The van der Waals surface area contributed by atoms with E-state index in [4.69, 9.17) is 0 Å². The van der Waals surface area contributed by atoms with Crippen LogP contribution in [0.3, 0.4) is 0 Å². The van der Waals surface area contributed by atoms with E-state index in [9.17, 15) is 18.3 Å². The summed E-state index contributed by atoms with van der Waals surface area (Å²) in [4.78, 5) is 1.72. The van der Waals surface area contributed by atoms with Crippen LogP contribution in [0, 0.1) is 17.5 Å². The highest BCUT2D eigenvalue weighted by Gasteiger charge is 2.42. The molecule has 2 N–H and O–H groups in total. The van der Waals surface area contributed by atoms with Gasteiger partial charge in [0.05, 0.1) is 17.8 Å². The Morgan fingerprint density at radius 1 is 1.15 bits per heavy atom. The van der Waals surface area contributed by atoms with Crippen LogP contribution in [0.5, 0.6) is 0 Å². The van der Waals surface area contributed by atoms with Crippen LogP contribution in [0.1, 0.15) is 31.0 Å². The highest BCUT2D eigenvalue weighted by atomic mass is 19.1. The predicted molar refractivity (Wildman–Crippen MR) is 95.8 cm³/mol. The zero-order valence-corrected chi connectivity index (χ0v) is 15.1. The molecule has 1 aliphatic rings. The third kappa shape index (κ3) is 3.31. The highest BCUT2D eigenvalue weighted by molar-refractivity contribution is 5.65. The molecule has 3 nitrogen and oxygen atoms in total. The summed E-state index contributed by atoms with van der Waals surface area (Å²) in [6, 6.07) is 7.45. The number of aliphatic hydroxyl groups is 1. The minimum atomic E-state index is -0.909. The fraction of sp³-hybridized carbons (Fsp3) is 0.400. The maximum Gasteiger partial charge on any atom is 0.149 e. The number of fused-ring (bicyclic) bond motifs is 1. The Labute approximate surface area is 151 Å². The second kappa shape index (κ2) is 6.93. The lowest BCUT2D eigenvalue weighted by molar-refractivity contribution is 0.139. The Morgan fingerprint density at radius 3 is 2.54 bits per heavy atom. The van der Waals surface area contributed by atoms with E-state index in [2.05, 4.69) is 5.32 Å². The molecule has 0 radical (unpaired) electrons. The summed E-state index contributed by atoms with van der Waals surface area (Å²) in [5.74, 6) is -1.74. The Bertz CT molecular complexity index is 810. The number of benzene rings is 2. The molecule has 0 saturated heterocycles. The van der Waals surface area contributed by atoms with Crippen LogP contribution in [-0.2, 0) is 5.41 Å². The lowest BCUT2D eigenvalue weighted by atomic mass is 9.87. The van der Waals surface area contributed by atoms with Gasteiger partial charge in [-0.2, -0.15) is 0 Å². The minimum Gasteiger partial charge on any atom is -0.389 e. The van der Waals surface area contributed by atoms with Gasteiger partial charge in [0, 0.05) is 24.6 Å². The first-order chi connectivity index (χ1) is 12.2. The third-order valence-electron chi connectivity index (χ3n) is 4.91. The van der Waals surface area contributed by atoms with Gasteiger partial charge >= 0.3 is 0 Å². The quantitative estimate of drug-likeness (QED) is 0.852. The van der Waals surface area contributed by atoms with Gasteiger partial charge < -0.3 is 15.3 Å². The molecule has 140 valence electrons. The maximum absolute atomic E-state index is 14.7. The molecule has 2 aromatic rings. The first kappa shape index (κ1) is 18.7. The van der Waals surface area contributed by atoms with Crippen LogP contribution in [0.15, 0.2) is 36.4 Å². The molecule has 0 fully saturated rings. The maximum atomic E-state index is 14.7. The summed E-state index contributed by atoms with van der Waals surface area (Å²) in [6.07, 6.45) is -0.909. The van der Waals surface area contributed by atoms with Crippen LogP contribution in [-0.4, -0.2) is 31.3 Å². The van der Waals surface area contributed by atoms with Crippen molar-refractivity contribution in [3.8, 4) is 0 Å². The molecular formula is C20H23F3N2O. The molecule has 2 aromatic carbocycles. The highest BCUT2D eigenvalue weighted by Crippen LogP contribution is 2.46. The number of anilines is 1. The summed E-state index contributed by atoms with van der Waals surface area (Å²) >= 11 is 0. The van der Waals surface area contributed by atoms with E-state index in [0.29, 0.717) is 17.7 Å². The normalized spacial score (nSPS) is 17.9. The van der Waals surface area contributed by atoms with Crippen molar-refractivity contribution >= 4 is 5.69 Å². The number of nitrogens with zero attached hydrogens (tertiary/aromatic N) is 1. The molecule has 1 heterocycles. The van der Waals surface area contributed by atoms with Crippen molar-refractivity contribution in [3.05, 3.63) is 65.0 Å². The molecule has 0 aromatic heterocycles. The lowest BCUT2D eigenvalue weighted by Gasteiger charge is -2.35. The Hall–Kier alpha value is -2.05. The molecule has 0 saturated carbocycles. The van der Waals surface area contributed by atoms with Crippen molar-refractivity contribution < 1.29 is 18.3 Å².